The quantitative estimate of drug-likeness (QED) is 0.751. The number of hydrogen-bond acceptors (Lipinski definition) is 1. The van der Waals surface area contributed by atoms with Crippen molar-refractivity contribution in [2.45, 2.75) is 25.2 Å². The first-order valence-electron chi connectivity index (χ1n) is 3.56. The van der Waals surface area contributed by atoms with Crippen molar-refractivity contribution in [3.8, 4) is 0 Å². The van der Waals surface area contributed by atoms with E-state index in [1.807, 2.05) is 18.4 Å². The Morgan fingerprint density at radius 2 is 2.08 bits per heavy atom. The number of aromatic nitrogens is 2. The molecule has 0 aliphatic heterocycles. The number of alkyl halides is 1. The van der Waals surface area contributed by atoms with Gasteiger partial charge in [-0.3, -0.25) is 0 Å². The molecule has 12 heavy (non-hydrogen) atoms. The lowest BCUT2D eigenvalue weighted by atomic mass is 10.4. The molecule has 0 fully saturated rings. The molecule has 1 aromatic heterocycles. The second-order valence-corrected chi connectivity index (χ2v) is 3.97. The molecule has 0 amide bonds. The molecule has 0 saturated heterocycles. The van der Waals surface area contributed by atoms with Crippen molar-refractivity contribution >= 4 is 39.1 Å². The van der Waals surface area contributed by atoms with E-state index in [0.717, 1.165) is 5.69 Å². The van der Waals surface area contributed by atoms with Crippen LogP contribution < -0.4 is 0 Å². The maximum Gasteiger partial charge on any atom is 0.204 e. The summed E-state index contributed by atoms with van der Waals surface area (Å²) in [6, 6.07) is 0.282. The second kappa shape index (κ2) is 3.99. The Balaban J connectivity index is 3.23. The van der Waals surface area contributed by atoms with E-state index >= 15 is 0 Å². The average molecular weight is 272 g/mol. The Hall–Kier alpha value is 0.270. The van der Waals surface area contributed by atoms with Crippen LogP contribution in [0.2, 0.25) is 10.4 Å². The number of hydrogen-bond donors (Lipinski definition) is 0. The van der Waals surface area contributed by atoms with E-state index in [2.05, 4.69) is 20.9 Å². The third kappa shape index (κ3) is 1.78. The van der Waals surface area contributed by atoms with Crippen molar-refractivity contribution in [1.82, 2.24) is 9.55 Å². The van der Waals surface area contributed by atoms with Crippen LogP contribution >= 0.6 is 39.1 Å². The van der Waals surface area contributed by atoms with Crippen molar-refractivity contribution in [2.75, 3.05) is 0 Å². The van der Waals surface area contributed by atoms with Crippen LogP contribution in [0.1, 0.15) is 25.6 Å². The maximum absolute atomic E-state index is 5.87. The fourth-order valence-corrected chi connectivity index (χ4v) is 2.41. The van der Waals surface area contributed by atoms with Crippen LogP contribution in [-0.4, -0.2) is 9.55 Å². The van der Waals surface area contributed by atoms with Crippen LogP contribution in [0.4, 0.5) is 0 Å². The van der Waals surface area contributed by atoms with Gasteiger partial charge in [-0.1, -0.05) is 27.5 Å². The summed E-state index contributed by atoms with van der Waals surface area (Å²) in [5, 5.41) is 1.60. The standard InChI is InChI=1S/C7H9BrCl2N2/c1-4(2)12-5(3-8)6(9)11-7(12)10/h4H,3H2,1-2H3. The van der Waals surface area contributed by atoms with E-state index in [9.17, 15) is 0 Å². The number of imidazole rings is 1. The summed E-state index contributed by atoms with van der Waals surface area (Å²) in [6.45, 7) is 4.08. The normalized spacial score (nSPS) is 11.2. The van der Waals surface area contributed by atoms with Crippen molar-refractivity contribution in [3.05, 3.63) is 16.1 Å². The third-order valence-corrected chi connectivity index (χ3v) is 2.66. The van der Waals surface area contributed by atoms with E-state index in [-0.39, 0.29) is 6.04 Å². The Labute approximate surface area is 90.0 Å². The summed E-state index contributed by atoms with van der Waals surface area (Å²) in [6.07, 6.45) is 0. The summed E-state index contributed by atoms with van der Waals surface area (Å²) in [7, 11) is 0. The monoisotopic (exact) mass is 270 g/mol. The first-order chi connectivity index (χ1) is 5.57. The lowest BCUT2D eigenvalue weighted by molar-refractivity contribution is 0.585. The van der Waals surface area contributed by atoms with Gasteiger partial charge in [-0.05, 0) is 25.4 Å². The molecular weight excluding hydrogens is 263 g/mol. The predicted molar refractivity (Wildman–Crippen MR) is 55.3 cm³/mol. The highest BCUT2D eigenvalue weighted by Crippen LogP contribution is 2.26. The molecule has 1 aromatic rings. The number of halogens is 3. The van der Waals surface area contributed by atoms with Crippen molar-refractivity contribution in [3.63, 3.8) is 0 Å². The first-order valence-corrected chi connectivity index (χ1v) is 5.43. The maximum atomic E-state index is 5.87. The summed E-state index contributed by atoms with van der Waals surface area (Å²) in [4.78, 5) is 3.97. The topological polar surface area (TPSA) is 17.8 Å². The van der Waals surface area contributed by atoms with Gasteiger partial charge in [0.05, 0.1) is 5.69 Å². The molecule has 0 aliphatic carbocycles. The van der Waals surface area contributed by atoms with Crippen LogP contribution in [0.3, 0.4) is 0 Å². The highest BCUT2D eigenvalue weighted by molar-refractivity contribution is 9.08. The highest BCUT2D eigenvalue weighted by atomic mass is 79.9. The van der Waals surface area contributed by atoms with E-state index < -0.39 is 0 Å². The average Bonchev–Trinajstić information content (AvgIpc) is 2.24. The molecule has 1 rings (SSSR count). The molecule has 0 spiro atoms. The Morgan fingerprint density at radius 3 is 2.42 bits per heavy atom. The minimum atomic E-state index is 0.282. The van der Waals surface area contributed by atoms with Crippen LogP contribution in [-0.2, 0) is 5.33 Å². The van der Waals surface area contributed by atoms with Crippen molar-refractivity contribution in [1.29, 1.82) is 0 Å². The summed E-state index contributed by atoms with van der Waals surface area (Å²) in [5.74, 6) is 0. The van der Waals surface area contributed by atoms with Crippen LogP contribution in [0.5, 0.6) is 0 Å². The second-order valence-electron chi connectivity index (χ2n) is 2.72. The van der Waals surface area contributed by atoms with Gasteiger partial charge in [-0.25, -0.2) is 4.98 Å². The van der Waals surface area contributed by atoms with Crippen molar-refractivity contribution in [2.24, 2.45) is 0 Å². The minimum Gasteiger partial charge on any atom is -0.314 e. The molecule has 0 N–H and O–H groups in total. The molecule has 0 atom stereocenters. The van der Waals surface area contributed by atoms with E-state index in [1.165, 1.54) is 0 Å². The first kappa shape index (κ1) is 10.4. The smallest absolute Gasteiger partial charge is 0.204 e. The fraction of sp³-hybridized carbons (Fsp3) is 0.571. The molecule has 2 nitrogen and oxygen atoms in total. The summed E-state index contributed by atoms with van der Waals surface area (Å²) >= 11 is 15.1. The SMILES string of the molecule is CC(C)n1c(Cl)nc(Cl)c1CBr. The Bertz CT molecular complexity index is 283. The van der Waals surface area contributed by atoms with Gasteiger partial charge < -0.3 is 4.57 Å². The van der Waals surface area contributed by atoms with Gasteiger partial charge in [0, 0.05) is 11.4 Å². The molecular formula is C7H9BrCl2N2. The zero-order chi connectivity index (χ0) is 9.30. The zero-order valence-corrected chi connectivity index (χ0v) is 9.91. The highest BCUT2D eigenvalue weighted by Gasteiger charge is 2.14. The van der Waals surface area contributed by atoms with Gasteiger partial charge in [-0.2, -0.15) is 0 Å². The molecule has 0 saturated carbocycles. The van der Waals surface area contributed by atoms with Crippen LogP contribution in [0, 0.1) is 0 Å². The molecule has 68 valence electrons. The Morgan fingerprint density at radius 1 is 1.50 bits per heavy atom. The van der Waals surface area contributed by atoms with Gasteiger partial charge in [0.1, 0.15) is 0 Å². The number of rotatable bonds is 2. The van der Waals surface area contributed by atoms with Crippen LogP contribution in [0.25, 0.3) is 0 Å². The predicted octanol–water partition coefficient (Wildman–Crippen LogP) is 3.67. The fourth-order valence-electron chi connectivity index (χ4n) is 1.05. The van der Waals surface area contributed by atoms with Gasteiger partial charge >= 0.3 is 0 Å². The van der Waals surface area contributed by atoms with Crippen molar-refractivity contribution < 1.29 is 0 Å². The third-order valence-electron chi connectivity index (χ3n) is 1.56. The van der Waals surface area contributed by atoms with E-state index in [1.54, 1.807) is 0 Å². The van der Waals surface area contributed by atoms with Gasteiger partial charge in [0.15, 0.2) is 5.15 Å². The minimum absolute atomic E-state index is 0.282. The molecule has 5 heteroatoms. The summed E-state index contributed by atoms with van der Waals surface area (Å²) < 4.78 is 1.90. The van der Waals surface area contributed by atoms with E-state index in [4.69, 9.17) is 23.2 Å². The molecule has 0 aromatic carbocycles. The molecule has 0 bridgehead atoms. The lowest BCUT2D eigenvalue weighted by Crippen LogP contribution is -2.04. The van der Waals surface area contributed by atoms with E-state index in [0.29, 0.717) is 15.8 Å². The van der Waals surface area contributed by atoms with Gasteiger partial charge in [0.2, 0.25) is 5.28 Å². The van der Waals surface area contributed by atoms with Gasteiger partial charge in [-0.15, -0.1) is 0 Å². The number of nitrogens with zero attached hydrogens (tertiary/aromatic N) is 2. The molecule has 0 radical (unpaired) electrons. The molecule has 0 aliphatic rings. The van der Waals surface area contributed by atoms with Gasteiger partial charge in [0.25, 0.3) is 0 Å². The lowest BCUT2D eigenvalue weighted by Gasteiger charge is -2.10. The molecule has 1 heterocycles. The Kier molecular flexibility index (Phi) is 3.44. The largest absolute Gasteiger partial charge is 0.314 e. The summed E-state index contributed by atoms with van der Waals surface area (Å²) in [5.41, 5.74) is 0.927. The zero-order valence-electron chi connectivity index (χ0n) is 6.81. The van der Waals surface area contributed by atoms with Crippen LogP contribution in [0.15, 0.2) is 0 Å². The molecule has 0 unspecified atom stereocenters.